The van der Waals surface area contributed by atoms with Gasteiger partial charge in [-0.05, 0) is 37.5 Å². The van der Waals surface area contributed by atoms with Gasteiger partial charge in [-0.15, -0.1) is 0 Å². The Labute approximate surface area is 126 Å². The summed E-state index contributed by atoms with van der Waals surface area (Å²) in [5.41, 5.74) is 0.410. The van der Waals surface area contributed by atoms with Gasteiger partial charge in [-0.1, -0.05) is 25.0 Å². The number of hydrogen-bond acceptors (Lipinski definition) is 4. The Morgan fingerprint density at radius 3 is 2.38 bits per heavy atom. The molecule has 0 aliphatic heterocycles. The highest BCUT2D eigenvalue weighted by atomic mass is 16.5. The van der Waals surface area contributed by atoms with Crippen LogP contribution in [0.5, 0.6) is 5.75 Å². The molecule has 0 radical (unpaired) electrons. The van der Waals surface area contributed by atoms with Crippen LogP contribution in [0.2, 0.25) is 0 Å². The van der Waals surface area contributed by atoms with Crippen LogP contribution in [0.15, 0.2) is 24.3 Å². The van der Waals surface area contributed by atoms with E-state index in [9.17, 15) is 4.79 Å². The lowest BCUT2D eigenvalue weighted by atomic mass is 9.91. The van der Waals surface area contributed by atoms with Crippen molar-refractivity contribution in [3.05, 3.63) is 29.8 Å². The maximum absolute atomic E-state index is 12.2. The molecule has 0 heterocycles. The summed E-state index contributed by atoms with van der Waals surface area (Å²) in [7, 11) is 3.10. The molecule has 4 nitrogen and oxygen atoms in total. The quantitative estimate of drug-likeness (QED) is 0.819. The number of methoxy groups -OCH3 is 2. The summed E-state index contributed by atoms with van der Waals surface area (Å²) in [6.45, 7) is 1.93. The van der Waals surface area contributed by atoms with Crippen LogP contribution in [0.25, 0.3) is 0 Å². The highest BCUT2D eigenvalue weighted by Gasteiger charge is 2.37. The van der Waals surface area contributed by atoms with E-state index in [1.165, 1.54) is 20.0 Å². The first-order valence-electron chi connectivity index (χ1n) is 7.56. The molecule has 0 saturated heterocycles. The van der Waals surface area contributed by atoms with E-state index in [0.717, 1.165) is 24.2 Å². The van der Waals surface area contributed by atoms with Crippen LogP contribution in [0.4, 0.5) is 0 Å². The van der Waals surface area contributed by atoms with Gasteiger partial charge in [0.05, 0.1) is 14.2 Å². The van der Waals surface area contributed by atoms with Crippen LogP contribution < -0.4 is 10.1 Å². The Balaban J connectivity index is 2.12. The van der Waals surface area contributed by atoms with Crippen LogP contribution in [0.3, 0.4) is 0 Å². The van der Waals surface area contributed by atoms with E-state index in [-0.39, 0.29) is 5.97 Å². The summed E-state index contributed by atoms with van der Waals surface area (Å²) in [6, 6.07) is 8.24. The van der Waals surface area contributed by atoms with Crippen LogP contribution in [-0.2, 0) is 16.0 Å². The van der Waals surface area contributed by atoms with Gasteiger partial charge in [-0.3, -0.25) is 10.1 Å². The molecule has 1 aliphatic rings. The molecule has 1 N–H and O–H groups in total. The molecular weight excluding hydrogens is 266 g/mol. The van der Waals surface area contributed by atoms with Crippen molar-refractivity contribution in [3.8, 4) is 5.75 Å². The summed E-state index contributed by atoms with van der Waals surface area (Å²) in [6.07, 6.45) is 5.35. The standard InChI is InChI=1S/C17H25NO3/c1-17(16(19)21-3,18-14-6-4-5-7-14)12-13-8-10-15(20-2)11-9-13/h8-11,14,18H,4-7,12H2,1-3H3. The van der Waals surface area contributed by atoms with Crippen LogP contribution in [0.1, 0.15) is 38.2 Å². The van der Waals surface area contributed by atoms with E-state index < -0.39 is 5.54 Å². The molecule has 1 aromatic rings. The van der Waals surface area contributed by atoms with Gasteiger partial charge in [-0.25, -0.2) is 0 Å². The smallest absolute Gasteiger partial charge is 0.326 e. The molecule has 1 saturated carbocycles. The predicted molar refractivity (Wildman–Crippen MR) is 82.5 cm³/mol. The number of benzene rings is 1. The van der Waals surface area contributed by atoms with Crippen molar-refractivity contribution in [2.24, 2.45) is 0 Å². The second-order valence-electron chi connectivity index (χ2n) is 5.97. The van der Waals surface area contributed by atoms with E-state index in [1.54, 1.807) is 7.11 Å². The minimum atomic E-state index is -0.682. The normalized spacial score (nSPS) is 18.2. The van der Waals surface area contributed by atoms with Crippen molar-refractivity contribution in [3.63, 3.8) is 0 Å². The van der Waals surface area contributed by atoms with E-state index in [1.807, 2.05) is 31.2 Å². The molecule has 21 heavy (non-hydrogen) atoms. The third kappa shape index (κ3) is 3.97. The lowest BCUT2D eigenvalue weighted by molar-refractivity contribution is -0.148. The predicted octanol–water partition coefficient (Wildman–Crippen LogP) is 2.70. The van der Waals surface area contributed by atoms with Crippen molar-refractivity contribution < 1.29 is 14.3 Å². The summed E-state index contributed by atoms with van der Waals surface area (Å²) >= 11 is 0. The number of carbonyl (C=O) groups excluding carboxylic acids is 1. The number of hydrogen-bond donors (Lipinski definition) is 1. The average Bonchev–Trinajstić information content (AvgIpc) is 2.99. The van der Waals surface area contributed by atoms with Crippen LogP contribution >= 0.6 is 0 Å². The number of rotatable bonds is 6. The molecular formula is C17H25NO3. The topological polar surface area (TPSA) is 47.6 Å². The maximum Gasteiger partial charge on any atom is 0.326 e. The molecule has 0 amide bonds. The summed E-state index contributed by atoms with van der Waals surface area (Å²) < 4.78 is 10.2. The van der Waals surface area contributed by atoms with E-state index >= 15 is 0 Å². The summed E-state index contributed by atoms with van der Waals surface area (Å²) in [5, 5.41) is 3.51. The lowest BCUT2D eigenvalue weighted by Crippen LogP contribution is -2.55. The number of ether oxygens (including phenoxy) is 2. The zero-order valence-corrected chi connectivity index (χ0v) is 13.1. The Hall–Kier alpha value is -1.55. The van der Waals surface area contributed by atoms with Crippen molar-refractivity contribution in [1.82, 2.24) is 5.32 Å². The fraction of sp³-hybridized carbons (Fsp3) is 0.588. The van der Waals surface area contributed by atoms with Crippen molar-refractivity contribution in [2.45, 2.75) is 50.6 Å². The van der Waals surface area contributed by atoms with Gasteiger partial charge in [0.2, 0.25) is 0 Å². The first kappa shape index (κ1) is 15.8. The molecule has 1 aromatic carbocycles. The van der Waals surface area contributed by atoms with E-state index in [2.05, 4.69) is 5.32 Å². The third-order valence-corrected chi connectivity index (χ3v) is 4.23. The molecule has 0 spiro atoms. The first-order valence-corrected chi connectivity index (χ1v) is 7.56. The Kier molecular flexibility index (Phi) is 5.23. The van der Waals surface area contributed by atoms with Gasteiger partial charge in [0, 0.05) is 12.5 Å². The number of esters is 1. The zero-order valence-electron chi connectivity index (χ0n) is 13.1. The van der Waals surface area contributed by atoms with Crippen LogP contribution in [0, 0.1) is 0 Å². The lowest BCUT2D eigenvalue weighted by Gasteiger charge is -2.31. The fourth-order valence-corrected chi connectivity index (χ4v) is 3.08. The average molecular weight is 291 g/mol. The highest BCUT2D eigenvalue weighted by molar-refractivity contribution is 5.80. The molecule has 116 valence electrons. The van der Waals surface area contributed by atoms with Gasteiger partial charge in [0.25, 0.3) is 0 Å². The van der Waals surface area contributed by atoms with E-state index in [0.29, 0.717) is 12.5 Å². The Bertz CT molecular complexity index is 465. The second kappa shape index (κ2) is 6.94. The fourth-order valence-electron chi connectivity index (χ4n) is 3.08. The monoisotopic (exact) mass is 291 g/mol. The molecule has 0 aromatic heterocycles. The Morgan fingerprint density at radius 1 is 1.24 bits per heavy atom. The molecule has 1 atom stereocenters. The molecule has 1 unspecified atom stereocenters. The minimum absolute atomic E-state index is 0.204. The van der Waals surface area contributed by atoms with Gasteiger partial charge in [-0.2, -0.15) is 0 Å². The van der Waals surface area contributed by atoms with Gasteiger partial charge in [0.15, 0.2) is 0 Å². The molecule has 1 aliphatic carbocycles. The maximum atomic E-state index is 12.2. The molecule has 2 rings (SSSR count). The minimum Gasteiger partial charge on any atom is -0.497 e. The second-order valence-corrected chi connectivity index (χ2v) is 5.97. The van der Waals surface area contributed by atoms with Gasteiger partial charge in [0.1, 0.15) is 11.3 Å². The molecule has 1 fully saturated rings. The van der Waals surface area contributed by atoms with Gasteiger partial charge >= 0.3 is 5.97 Å². The van der Waals surface area contributed by atoms with Crippen molar-refractivity contribution in [1.29, 1.82) is 0 Å². The third-order valence-electron chi connectivity index (χ3n) is 4.23. The van der Waals surface area contributed by atoms with Crippen molar-refractivity contribution >= 4 is 5.97 Å². The van der Waals surface area contributed by atoms with Gasteiger partial charge < -0.3 is 9.47 Å². The SMILES string of the molecule is COC(=O)C(C)(Cc1ccc(OC)cc1)NC1CCCC1. The van der Waals surface area contributed by atoms with Crippen molar-refractivity contribution in [2.75, 3.05) is 14.2 Å². The molecule has 0 bridgehead atoms. The summed E-state index contributed by atoms with van der Waals surface area (Å²) in [4.78, 5) is 12.2. The van der Waals surface area contributed by atoms with Crippen LogP contribution in [-0.4, -0.2) is 31.8 Å². The highest BCUT2D eigenvalue weighted by Crippen LogP contribution is 2.24. The Morgan fingerprint density at radius 2 is 1.86 bits per heavy atom. The first-order chi connectivity index (χ1) is 10.1. The largest absolute Gasteiger partial charge is 0.497 e. The zero-order chi connectivity index (χ0) is 15.3. The number of carbonyl (C=O) groups is 1. The van der Waals surface area contributed by atoms with E-state index in [4.69, 9.17) is 9.47 Å². The number of nitrogens with one attached hydrogen (secondary N) is 1. The summed E-state index contributed by atoms with van der Waals surface area (Å²) in [5.74, 6) is 0.618. The molecule has 4 heteroatoms.